The first-order valence-electron chi connectivity index (χ1n) is 6.94. The van der Waals surface area contributed by atoms with Crippen LogP contribution in [0, 0.1) is 0 Å². The van der Waals surface area contributed by atoms with Crippen LogP contribution in [0.2, 0.25) is 0 Å². The summed E-state index contributed by atoms with van der Waals surface area (Å²) in [7, 11) is 3.36. The lowest BCUT2D eigenvalue weighted by Crippen LogP contribution is -2.19. The molecule has 0 aliphatic carbocycles. The Hall–Kier alpha value is -1.30. The van der Waals surface area contributed by atoms with E-state index < -0.39 is 0 Å². The number of hydrogen-bond acceptors (Lipinski definition) is 5. The average Bonchev–Trinajstić information content (AvgIpc) is 2.97. The molecule has 0 spiro atoms. The zero-order valence-electron chi connectivity index (χ0n) is 12.2. The summed E-state index contributed by atoms with van der Waals surface area (Å²) >= 11 is 0. The van der Waals surface area contributed by atoms with E-state index >= 15 is 0 Å². The van der Waals surface area contributed by atoms with Crippen molar-refractivity contribution in [2.45, 2.75) is 19.1 Å². The first-order chi connectivity index (χ1) is 9.83. The third kappa shape index (κ3) is 4.37. The van der Waals surface area contributed by atoms with E-state index in [0.717, 1.165) is 43.2 Å². The van der Waals surface area contributed by atoms with Crippen LogP contribution in [0.3, 0.4) is 0 Å². The van der Waals surface area contributed by atoms with Gasteiger partial charge in [-0.2, -0.15) is 0 Å². The van der Waals surface area contributed by atoms with Gasteiger partial charge in [-0.1, -0.05) is 6.07 Å². The minimum Gasteiger partial charge on any atom is -0.493 e. The van der Waals surface area contributed by atoms with Crippen molar-refractivity contribution in [2.24, 2.45) is 0 Å². The molecule has 1 aromatic carbocycles. The van der Waals surface area contributed by atoms with Crippen LogP contribution in [0.1, 0.15) is 12.0 Å². The second kappa shape index (κ2) is 8.09. The van der Waals surface area contributed by atoms with E-state index in [1.54, 1.807) is 14.2 Å². The monoisotopic (exact) mass is 281 g/mol. The Balaban J connectivity index is 1.96. The zero-order chi connectivity index (χ0) is 14.2. The molecule has 0 bridgehead atoms. The molecule has 0 amide bonds. The Kier molecular flexibility index (Phi) is 6.11. The minimum atomic E-state index is 0.126. The van der Waals surface area contributed by atoms with Gasteiger partial charge in [0.1, 0.15) is 6.10 Å². The molecule has 20 heavy (non-hydrogen) atoms. The molecule has 1 unspecified atom stereocenters. The number of benzene rings is 1. The summed E-state index contributed by atoms with van der Waals surface area (Å²) < 4.78 is 21.7. The van der Waals surface area contributed by atoms with Gasteiger partial charge < -0.3 is 24.3 Å². The van der Waals surface area contributed by atoms with Gasteiger partial charge in [-0.25, -0.2) is 0 Å². The van der Waals surface area contributed by atoms with Crippen LogP contribution in [-0.4, -0.2) is 46.7 Å². The standard InChI is InChI=1S/C15H23NO4/c1-17-8-6-16-10-12-3-4-14(18-2)15(9-12)20-13-5-7-19-11-13/h3-4,9,13,16H,5-8,10-11H2,1-2H3. The summed E-state index contributed by atoms with van der Waals surface area (Å²) in [5, 5.41) is 3.31. The molecule has 0 saturated carbocycles. The Labute approximate surface area is 120 Å². The largest absolute Gasteiger partial charge is 0.493 e. The van der Waals surface area contributed by atoms with E-state index in [2.05, 4.69) is 5.32 Å². The van der Waals surface area contributed by atoms with Crippen molar-refractivity contribution in [1.29, 1.82) is 0 Å². The Morgan fingerprint density at radius 3 is 2.90 bits per heavy atom. The highest BCUT2D eigenvalue weighted by atomic mass is 16.6. The van der Waals surface area contributed by atoms with Gasteiger partial charge >= 0.3 is 0 Å². The lowest BCUT2D eigenvalue weighted by Gasteiger charge is -2.16. The fraction of sp³-hybridized carbons (Fsp3) is 0.600. The molecular formula is C15H23NO4. The van der Waals surface area contributed by atoms with Crippen LogP contribution in [-0.2, 0) is 16.0 Å². The van der Waals surface area contributed by atoms with Gasteiger partial charge in [0.05, 0.1) is 26.9 Å². The highest BCUT2D eigenvalue weighted by molar-refractivity contribution is 5.43. The topological polar surface area (TPSA) is 49.0 Å². The van der Waals surface area contributed by atoms with E-state index in [-0.39, 0.29) is 6.10 Å². The number of nitrogens with one attached hydrogen (secondary N) is 1. The number of rotatable bonds is 8. The summed E-state index contributed by atoms with van der Waals surface area (Å²) in [5.74, 6) is 1.55. The number of hydrogen-bond donors (Lipinski definition) is 1. The molecule has 1 N–H and O–H groups in total. The fourth-order valence-electron chi connectivity index (χ4n) is 2.12. The molecule has 5 heteroatoms. The lowest BCUT2D eigenvalue weighted by atomic mass is 10.2. The van der Waals surface area contributed by atoms with Crippen molar-refractivity contribution >= 4 is 0 Å². The second-order valence-corrected chi connectivity index (χ2v) is 4.76. The van der Waals surface area contributed by atoms with Gasteiger partial charge in [-0.15, -0.1) is 0 Å². The molecule has 1 saturated heterocycles. The van der Waals surface area contributed by atoms with Crippen LogP contribution < -0.4 is 14.8 Å². The molecule has 1 aromatic rings. The van der Waals surface area contributed by atoms with E-state index in [1.165, 1.54) is 0 Å². The van der Waals surface area contributed by atoms with Gasteiger partial charge in [0.15, 0.2) is 11.5 Å². The van der Waals surface area contributed by atoms with Crippen molar-refractivity contribution in [1.82, 2.24) is 5.32 Å². The summed E-state index contributed by atoms with van der Waals surface area (Å²) in [4.78, 5) is 0. The molecule has 112 valence electrons. The third-order valence-electron chi connectivity index (χ3n) is 3.22. The SMILES string of the molecule is COCCNCc1ccc(OC)c(OC2CCOC2)c1. The molecule has 1 aliphatic rings. The molecule has 0 radical (unpaired) electrons. The molecule has 2 rings (SSSR count). The third-order valence-corrected chi connectivity index (χ3v) is 3.22. The van der Waals surface area contributed by atoms with Gasteiger partial charge in [0.2, 0.25) is 0 Å². The molecule has 0 aromatic heterocycles. The van der Waals surface area contributed by atoms with Crippen molar-refractivity contribution in [3.8, 4) is 11.5 Å². The van der Waals surface area contributed by atoms with Gasteiger partial charge in [0.25, 0.3) is 0 Å². The highest BCUT2D eigenvalue weighted by Crippen LogP contribution is 2.30. The zero-order valence-corrected chi connectivity index (χ0v) is 12.2. The molecule has 5 nitrogen and oxygen atoms in total. The summed E-state index contributed by atoms with van der Waals surface area (Å²) in [6, 6.07) is 6.01. The number of ether oxygens (including phenoxy) is 4. The number of methoxy groups -OCH3 is 2. The van der Waals surface area contributed by atoms with E-state index in [1.807, 2.05) is 18.2 Å². The first kappa shape index (κ1) is 15.1. The minimum absolute atomic E-state index is 0.126. The Bertz CT molecular complexity index is 405. The van der Waals surface area contributed by atoms with Gasteiger partial charge in [-0.3, -0.25) is 0 Å². The molecule has 1 fully saturated rings. The Morgan fingerprint density at radius 1 is 1.30 bits per heavy atom. The van der Waals surface area contributed by atoms with Crippen LogP contribution in [0.4, 0.5) is 0 Å². The maximum Gasteiger partial charge on any atom is 0.162 e. The molecule has 1 aliphatic heterocycles. The van der Waals surface area contributed by atoms with Crippen LogP contribution in [0.15, 0.2) is 18.2 Å². The van der Waals surface area contributed by atoms with Gasteiger partial charge in [0, 0.05) is 26.6 Å². The summed E-state index contributed by atoms with van der Waals surface area (Å²) in [6.07, 6.45) is 1.06. The second-order valence-electron chi connectivity index (χ2n) is 4.76. The first-order valence-corrected chi connectivity index (χ1v) is 6.94. The van der Waals surface area contributed by atoms with Gasteiger partial charge in [-0.05, 0) is 17.7 Å². The smallest absolute Gasteiger partial charge is 0.162 e. The van der Waals surface area contributed by atoms with Crippen LogP contribution in [0.25, 0.3) is 0 Å². The van der Waals surface area contributed by atoms with Crippen molar-refractivity contribution < 1.29 is 18.9 Å². The van der Waals surface area contributed by atoms with E-state index in [9.17, 15) is 0 Å². The summed E-state index contributed by atoms with van der Waals surface area (Å²) in [5.41, 5.74) is 1.16. The predicted molar refractivity (Wildman–Crippen MR) is 76.4 cm³/mol. The molecule has 1 heterocycles. The molecular weight excluding hydrogens is 258 g/mol. The Morgan fingerprint density at radius 2 is 2.20 bits per heavy atom. The fourth-order valence-corrected chi connectivity index (χ4v) is 2.12. The maximum atomic E-state index is 5.96. The van der Waals surface area contributed by atoms with Crippen molar-refractivity contribution in [3.63, 3.8) is 0 Å². The molecule has 1 atom stereocenters. The summed E-state index contributed by atoms with van der Waals surface area (Å²) in [6.45, 7) is 3.74. The van der Waals surface area contributed by atoms with E-state index in [0.29, 0.717) is 13.2 Å². The quantitative estimate of drug-likeness (QED) is 0.733. The van der Waals surface area contributed by atoms with Crippen molar-refractivity contribution in [2.75, 3.05) is 40.6 Å². The van der Waals surface area contributed by atoms with Crippen molar-refractivity contribution in [3.05, 3.63) is 23.8 Å². The lowest BCUT2D eigenvalue weighted by molar-refractivity contribution is 0.138. The highest BCUT2D eigenvalue weighted by Gasteiger charge is 2.19. The normalized spacial score (nSPS) is 18.2. The van der Waals surface area contributed by atoms with Crippen LogP contribution >= 0.6 is 0 Å². The van der Waals surface area contributed by atoms with Crippen LogP contribution in [0.5, 0.6) is 11.5 Å². The predicted octanol–water partition coefficient (Wildman–Crippen LogP) is 1.60. The van der Waals surface area contributed by atoms with E-state index in [4.69, 9.17) is 18.9 Å². The maximum absolute atomic E-state index is 5.96. The average molecular weight is 281 g/mol.